The largest absolute Gasteiger partial charge is 0.445 e. The lowest BCUT2D eigenvalue weighted by molar-refractivity contribution is 0.138. The van der Waals surface area contributed by atoms with Crippen LogP contribution in [0.25, 0.3) is 0 Å². The van der Waals surface area contributed by atoms with E-state index in [0.29, 0.717) is 0 Å². The smallest absolute Gasteiger partial charge is 0.410 e. The number of hydrogen-bond donors (Lipinski definition) is 0. The predicted octanol–water partition coefficient (Wildman–Crippen LogP) is 2.41. The van der Waals surface area contributed by atoms with Crippen molar-refractivity contribution in [3.05, 3.63) is 0 Å². The van der Waals surface area contributed by atoms with E-state index in [4.69, 9.17) is 4.74 Å². The van der Waals surface area contributed by atoms with Crippen molar-refractivity contribution in [1.82, 2.24) is 4.90 Å². The average Bonchev–Trinajstić information content (AvgIpc) is 2.39. The van der Waals surface area contributed by atoms with Gasteiger partial charge in [-0.25, -0.2) is 4.79 Å². The Hall–Kier alpha value is -0.730. The fourth-order valence-electron chi connectivity index (χ4n) is 1.58. The van der Waals surface area contributed by atoms with Gasteiger partial charge in [-0.3, -0.25) is 0 Å². The number of amides is 1. The second-order valence-electron chi connectivity index (χ2n) is 3.70. The van der Waals surface area contributed by atoms with Gasteiger partial charge < -0.3 is 9.64 Å². The molecule has 13 heavy (non-hydrogen) atoms. The third-order valence-electron chi connectivity index (χ3n) is 2.32. The summed E-state index contributed by atoms with van der Waals surface area (Å²) < 4.78 is 5.02. The Kier molecular flexibility index (Phi) is 4.06. The van der Waals surface area contributed by atoms with Crippen molar-refractivity contribution < 1.29 is 9.53 Å². The molecule has 0 aromatic rings. The molecule has 0 N–H and O–H groups in total. The van der Waals surface area contributed by atoms with Gasteiger partial charge in [0.1, 0.15) is 6.10 Å². The summed E-state index contributed by atoms with van der Waals surface area (Å²) in [5, 5.41) is 0. The van der Waals surface area contributed by atoms with Crippen LogP contribution in [0.2, 0.25) is 0 Å². The van der Waals surface area contributed by atoms with Gasteiger partial charge in [0, 0.05) is 6.54 Å². The summed E-state index contributed by atoms with van der Waals surface area (Å²) in [4.78, 5) is 13.0. The standard InChI is InChI=1S/C10H19NO2/c1-3-4-5-6-7-11-8-9(2)13-10(11)12/h9H,3-8H2,1-2H3. The maximum Gasteiger partial charge on any atom is 0.410 e. The number of cyclic esters (lactones) is 1. The molecule has 0 aromatic carbocycles. The van der Waals surface area contributed by atoms with Crippen LogP contribution in [0, 0.1) is 0 Å². The molecule has 0 aromatic heterocycles. The molecule has 1 aliphatic heterocycles. The van der Waals surface area contributed by atoms with Crippen molar-refractivity contribution in [3.63, 3.8) is 0 Å². The van der Waals surface area contributed by atoms with Crippen LogP contribution < -0.4 is 0 Å². The van der Waals surface area contributed by atoms with E-state index in [2.05, 4.69) is 6.92 Å². The van der Waals surface area contributed by atoms with Crippen molar-refractivity contribution in [2.24, 2.45) is 0 Å². The first kappa shape index (κ1) is 10.4. The lowest BCUT2D eigenvalue weighted by Gasteiger charge is -2.11. The molecular formula is C10H19NO2. The first-order valence-electron chi connectivity index (χ1n) is 5.19. The van der Waals surface area contributed by atoms with E-state index < -0.39 is 0 Å². The molecule has 1 rings (SSSR count). The Labute approximate surface area is 80.1 Å². The Morgan fingerprint density at radius 2 is 2.23 bits per heavy atom. The monoisotopic (exact) mass is 185 g/mol. The molecule has 3 heteroatoms. The highest BCUT2D eigenvalue weighted by atomic mass is 16.6. The molecule has 0 aliphatic carbocycles. The van der Waals surface area contributed by atoms with E-state index in [1.54, 1.807) is 4.90 Å². The number of nitrogens with zero attached hydrogens (tertiary/aromatic N) is 1. The third-order valence-corrected chi connectivity index (χ3v) is 2.32. The van der Waals surface area contributed by atoms with Gasteiger partial charge >= 0.3 is 6.09 Å². The lowest BCUT2D eigenvalue weighted by atomic mass is 10.2. The molecule has 0 radical (unpaired) electrons. The van der Waals surface area contributed by atoms with E-state index >= 15 is 0 Å². The second kappa shape index (κ2) is 5.10. The molecule has 1 fully saturated rings. The second-order valence-corrected chi connectivity index (χ2v) is 3.70. The summed E-state index contributed by atoms with van der Waals surface area (Å²) in [5.74, 6) is 0. The van der Waals surface area contributed by atoms with Gasteiger partial charge in [-0.05, 0) is 13.3 Å². The first-order valence-corrected chi connectivity index (χ1v) is 5.19. The predicted molar refractivity (Wildman–Crippen MR) is 51.7 cm³/mol. The van der Waals surface area contributed by atoms with Gasteiger partial charge in [-0.1, -0.05) is 26.2 Å². The molecule has 1 amide bonds. The fourth-order valence-corrected chi connectivity index (χ4v) is 1.58. The zero-order chi connectivity index (χ0) is 9.68. The maximum absolute atomic E-state index is 11.2. The van der Waals surface area contributed by atoms with Crippen LogP contribution in [-0.2, 0) is 4.74 Å². The molecule has 0 spiro atoms. The van der Waals surface area contributed by atoms with Crippen LogP contribution in [-0.4, -0.2) is 30.2 Å². The molecular weight excluding hydrogens is 166 g/mol. The van der Waals surface area contributed by atoms with Crippen molar-refractivity contribution in [2.45, 2.75) is 45.6 Å². The molecule has 0 saturated carbocycles. The van der Waals surface area contributed by atoms with Gasteiger partial charge in [0.25, 0.3) is 0 Å². The van der Waals surface area contributed by atoms with Gasteiger partial charge in [-0.2, -0.15) is 0 Å². The minimum absolute atomic E-state index is 0.0821. The zero-order valence-corrected chi connectivity index (χ0v) is 8.58. The van der Waals surface area contributed by atoms with E-state index in [1.807, 2.05) is 6.92 Å². The Balaban J connectivity index is 2.11. The van der Waals surface area contributed by atoms with E-state index in [-0.39, 0.29) is 12.2 Å². The average molecular weight is 185 g/mol. The van der Waals surface area contributed by atoms with Crippen LogP contribution in [0.1, 0.15) is 39.5 Å². The fraction of sp³-hybridized carbons (Fsp3) is 0.900. The SMILES string of the molecule is CCCCCCN1CC(C)OC1=O. The van der Waals surface area contributed by atoms with Crippen LogP contribution in [0.3, 0.4) is 0 Å². The van der Waals surface area contributed by atoms with Crippen molar-refractivity contribution in [3.8, 4) is 0 Å². The highest BCUT2D eigenvalue weighted by Gasteiger charge is 2.26. The third kappa shape index (κ3) is 3.25. The number of unbranched alkanes of at least 4 members (excludes halogenated alkanes) is 3. The summed E-state index contributed by atoms with van der Waals surface area (Å²) in [7, 11) is 0. The quantitative estimate of drug-likeness (QED) is 0.615. The number of rotatable bonds is 5. The van der Waals surface area contributed by atoms with Gasteiger partial charge in [0.15, 0.2) is 0 Å². The van der Waals surface area contributed by atoms with Crippen molar-refractivity contribution in [1.29, 1.82) is 0 Å². The van der Waals surface area contributed by atoms with E-state index in [9.17, 15) is 4.79 Å². The number of carbonyl (C=O) groups excluding carboxylic acids is 1. The highest BCUT2D eigenvalue weighted by molar-refractivity contribution is 5.69. The number of hydrogen-bond acceptors (Lipinski definition) is 2. The van der Waals surface area contributed by atoms with Crippen molar-refractivity contribution >= 4 is 6.09 Å². The van der Waals surface area contributed by atoms with Gasteiger partial charge in [-0.15, -0.1) is 0 Å². The van der Waals surface area contributed by atoms with Crippen LogP contribution in [0.4, 0.5) is 4.79 Å². The topological polar surface area (TPSA) is 29.5 Å². The molecule has 1 aliphatic rings. The van der Waals surface area contributed by atoms with E-state index in [0.717, 1.165) is 19.5 Å². The van der Waals surface area contributed by atoms with E-state index in [1.165, 1.54) is 19.3 Å². The molecule has 76 valence electrons. The minimum Gasteiger partial charge on any atom is -0.445 e. The summed E-state index contributed by atoms with van der Waals surface area (Å²) in [6.07, 6.45) is 4.77. The maximum atomic E-state index is 11.2. The molecule has 1 heterocycles. The van der Waals surface area contributed by atoms with Crippen molar-refractivity contribution in [2.75, 3.05) is 13.1 Å². The summed E-state index contributed by atoms with van der Waals surface area (Å²) >= 11 is 0. The number of ether oxygens (including phenoxy) is 1. The first-order chi connectivity index (χ1) is 6.24. The van der Waals surface area contributed by atoms with Gasteiger partial charge in [0.2, 0.25) is 0 Å². The Morgan fingerprint density at radius 1 is 1.46 bits per heavy atom. The van der Waals surface area contributed by atoms with Crippen LogP contribution in [0.5, 0.6) is 0 Å². The molecule has 1 atom stereocenters. The highest BCUT2D eigenvalue weighted by Crippen LogP contribution is 2.11. The molecule has 1 unspecified atom stereocenters. The number of carbonyl (C=O) groups is 1. The lowest BCUT2D eigenvalue weighted by Crippen LogP contribution is -2.25. The summed E-state index contributed by atoms with van der Waals surface area (Å²) in [6, 6.07) is 0. The summed E-state index contributed by atoms with van der Waals surface area (Å²) in [6.45, 7) is 5.75. The Morgan fingerprint density at radius 3 is 2.77 bits per heavy atom. The van der Waals surface area contributed by atoms with Crippen LogP contribution in [0.15, 0.2) is 0 Å². The zero-order valence-electron chi connectivity index (χ0n) is 8.58. The minimum atomic E-state index is -0.135. The molecule has 0 bridgehead atoms. The van der Waals surface area contributed by atoms with Gasteiger partial charge in [0.05, 0.1) is 6.54 Å². The normalized spacial score (nSPS) is 22.2. The Bertz CT molecular complexity index is 170. The summed E-state index contributed by atoms with van der Waals surface area (Å²) in [5.41, 5.74) is 0. The van der Waals surface area contributed by atoms with Crippen LogP contribution >= 0.6 is 0 Å². The molecule has 1 saturated heterocycles. The molecule has 3 nitrogen and oxygen atoms in total.